The van der Waals surface area contributed by atoms with E-state index in [2.05, 4.69) is 25.0 Å². The predicted octanol–water partition coefficient (Wildman–Crippen LogP) is 2.66. The van der Waals surface area contributed by atoms with Gasteiger partial charge in [0.1, 0.15) is 29.5 Å². The second-order valence-electron chi connectivity index (χ2n) is 8.38. The monoisotopic (exact) mass is 525 g/mol. The zero-order valence-electron chi connectivity index (χ0n) is 20.0. The van der Waals surface area contributed by atoms with Crippen LogP contribution in [0.15, 0.2) is 53.4 Å². The third-order valence-electron chi connectivity index (χ3n) is 6.08. The zero-order chi connectivity index (χ0) is 26.8. The third kappa shape index (κ3) is 4.75. The molecule has 0 spiro atoms. The summed E-state index contributed by atoms with van der Waals surface area (Å²) in [6, 6.07) is 8.17. The number of carbonyl (C=O) groups excluding carboxylic acids is 1. The number of hydrogen-bond donors (Lipinski definition) is 1. The molecule has 1 aliphatic heterocycles. The second-order valence-corrected chi connectivity index (χ2v) is 8.38. The van der Waals surface area contributed by atoms with Crippen molar-refractivity contribution in [3.8, 4) is 22.9 Å². The largest absolute Gasteiger partial charge is 0.480 e. The van der Waals surface area contributed by atoms with Gasteiger partial charge in [-0.1, -0.05) is 23.4 Å². The Morgan fingerprint density at radius 2 is 1.97 bits per heavy atom. The molecule has 1 aliphatic rings. The highest BCUT2D eigenvalue weighted by atomic mass is 19.1. The predicted molar refractivity (Wildman–Crippen MR) is 127 cm³/mol. The van der Waals surface area contributed by atoms with Crippen LogP contribution in [-0.2, 0) is 16.1 Å². The van der Waals surface area contributed by atoms with Crippen LogP contribution in [0.25, 0.3) is 22.9 Å². The van der Waals surface area contributed by atoms with Crippen LogP contribution in [0.5, 0.6) is 0 Å². The third-order valence-corrected chi connectivity index (χ3v) is 6.08. The minimum atomic E-state index is -1.27. The molecule has 0 saturated carbocycles. The van der Waals surface area contributed by atoms with Crippen molar-refractivity contribution in [2.24, 2.45) is 0 Å². The molecule has 3 aromatic heterocycles. The van der Waals surface area contributed by atoms with Crippen LogP contribution in [0.2, 0.25) is 0 Å². The number of carbonyl (C=O) groups is 2. The van der Waals surface area contributed by atoms with Gasteiger partial charge < -0.3 is 24.2 Å². The van der Waals surface area contributed by atoms with E-state index in [4.69, 9.17) is 4.52 Å². The number of aromatic nitrogens is 5. The van der Waals surface area contributed by atoms with E-state index in [0.717, 1.165) is 6.20 Å². The number of nitrogens with zero attached hydrogens (tertiary/aromatic N) is 7. The van der Waals surface area contributed by atoms with Gasteiger partial charge in [-0.15, -0.1) is 0 Å². The van der Waals surface area contributed by atoms with Gasteiger partial charge in [-0.05, 0) is 12.1 Å². The smallest absolute Gasteiger partial charge is 0.409 e. The van der Waals surface area contributed by atoms with Crippen molar-refractivity contribution in [2.75, 3.05) is 31.6 Å². The summed E-state index contributed by atoms with van der Waals surface area (Å²) in [5, 5.41) is 18.2. The van der Waals surface area contributed by atoms with Crippen LogP contribution in [0.4, 0.5) is 19.4 Å². The number of aliphatic carboxylic acids is 1. The van der Waals surface area contributed by atoms with E-state index < -0.39 is 29.7 Å². The first-order valence-electron chi connectivity index (χ1n) is 11.4. The summed E-state index contributed by atoms with van der Waals surface area (Å²) >= 11 is 0. The number of methoxy groups -OCH3 is 1. The van der Waals surface area contributed by atoms with Crippen LogP contribution < -0.4 is 4.90 Å². The van der Waals surface area contributed by atoms with Crippen LogP contribution in [0.1, 0.15) is 5.56 Å². The molecule has 38 heavy (non-hydrogen) atoms. The van der Waals surface area contributed by atoms with E-state index in [1.165, 1.54) is 33.9 Å². The number of halogens is 2. The average molecular weight is 525 g/mol. The fourth-order valence-electron chi connectivity index (χ4n) is 4.21. The Bertz CT molecular complexity index is 1480. The molecular weight excluding hydrogens is 504 g/mol. The summed E-state index contributed by atoms with van der Waals surface area (Å²) in [5.41, 5.74) is 1.50. The minimum Gasteiger partial charge on any atom is -0.480 e. The van der Waals surface area contributed by atoms with Gasteiger partial charge in [0.15, 0.2) is 17.5 Å². The van der Waals surface area contributed by atoms with E-state index in [0.29, 0.717) is 17.0 Å². The van der Waals surface area contributed by atoms with Gasteiger partial charge in [-0.25, -0.2) is 28.3 Å². The number of ether oxygens (including phenoxy) is 1. The molecule has 1 fully saturated rings. The molecule has 4 heterocycles. The molecule has 1 amide bonds. The number of benzene rings is 1. The van der Waals surface area contributed by atoms with Crippen molar-refractivity contribution in [1.29, 1.82) is 0 Å². The summed E-state index contributed by atoms with van der Waals surface area (Å²) in [6.07, 6.45) is 1.62. The summed E-state index contributed by atoms with van der Waals surface area (Å²) in [4.78, 5) is 34.7. The highest BCUT2D eigenvalue weighted by Crippen LogP contribution is 2.28. The van der Waals surface area contributed by atoms with Crippen molar-refractivity contribution in [1.82, 2.24) is 29.8 Å². The van der Waals surface area contributed by atoms with Crippen molar-refractivity contribution < 1.29 is 32.7 Å². The standard InChI is InChI=1S/C24H21F2N7O5/c1-37-24(36)31-7-8-32(20(13-31)23(34)35)22-16(26)11-27-21(28-22)18-10-19(17-6-9-38-30-17)33(29-18)12-14-4-2-3-5-15(14)25/h2-6,9-11,20H,7-8,12-13H2,1H3,(H,34,35). The average Bonchev–Trinajstić information content (AvgIpc) is 3.60. The fourth-order valence-corrected chi connectivity index (χ4v) is 4.21. The van der Waals surface area contributed by atoms with Crippen LogP contribution in [0, 0.1) is 11.6 Å². The van der Waals surface area contributed by atoms with Gasteiger partial charge in [-0.3, -0.25) is 4.68 Å². The molecule has 14 heteroatoms. The van der Waals surface area contributed by atoms with Gasteiger partial charge in [0.2, 0.25) is 0 Å². The molecule has 0 aliphatic carbocycles. The Morgan fingerprint density at radius 3 is 2.68 bits per heavy atom. The highest BCUT2D eigenvalue weighted by Gasteiger charge is 2.37. The molecule has 0 radical (unpaired) electrons. The number of carboxylic acids is 1. The molecule has 12 nitrogen and oxygen atoms in total. The maximum Gasteiger partial charge on any atom is 0.409 e. The van der Waals surface area contributed by atoms with Gasteiger partial charge >= 0.3 is 12.1 Å². The number of piperazine rings is 1. The van der Waals surface area contributed by atoms with Gasteiger partial charge in [0, 0.05) is 24.7 Å². The normalized spacial score (nSPS) is 15.5. The molecule has 0 bridgehead atoms. The first-order chi connectivity index (χ1) is 18.4. The van der Waals surface area contributed by atoms with E-state index in [1.807, 2.05) is 0 Å². The summed E-state index contributed by atoms with van der Waals surface area (Å²) in [6.45, 7) is -0.0813. The summed E-state index contributed by atoms with van der Waals surface area (Å²) in [5.74, 6) is -2.76. The van der Waals surface area contributed by atoms with Crippen LogP contribution in [-0.4, -0.2) is 79.8 Å². The van der Waals surface area contributed by atoms with Crippen molar-refractivity contribution in [3.05, 3.63) is 66.1 Å². The minimum absolute atomic E-state index is 0.00858. The quantitative estimate of drug-likeness (QED) is 0.400. The van der Waals surface area contributed by atoms with Crippen molar-refractivity contribution >= 4 is 17.9 Å². The molecule has 4 aromatic rings. The molecule has 196 valence electrons. The Kier molecular flexibility index (Phi) is 6.68. The maximum atomic E-state index is 14.9. The van der Waals surface area contributed by atoms with E-state index >= 15 is 0 Å². The Morgan fingerprint density at radius 1 is 1.16 bits per heavy atom. The van der Waals surface area contributed by atoms with E-state index in [9.17, 15) is 23.5 Å². The Labute approximate surface area is 214 Å². The molecule has 1 unspecified atom stereocenters. The molecule has 1 N–H and O–H groups in total. The Hall–Kier alpha value is -4.88. The fraction of sp³-hybridized carbons (Fsp3) is 0.250. The summed E-state index contributed by atoms with van der Waals surface area (Å²) in [7, 11) is 1.19. The lowest BCUT2D eigenvalue weighted by molar-refractivity contribution is -0.139. The SMILES string of the molecule is COC(=O)N1CCN(c2nc(-c3cc(-c4ccon4)n(Cc4ccccc4F)n3)ncc2F)C(C(=O)O)C1. The van der Waals surface area contributed by atoms with Gasteiger partial charge in [0.05, 0.1) is 32.1 Å². The van der Waals surface area contributed by atoms with Crippen LogP contribution in [0.3, 0.4) is 0 Å². The zero-order valence-corrected chi connectivity index (χ0v) is 20.0. The second kappa shape index (κ2) is 10.2. The number of carboxylic acid groups (broad SMARTS) is 1. The topological polar surface area (TPSA) is 140 Å². The molecule has 1 aromatic carbocycles. The van der Waals surface area contributed by atoms with E-state index in [1.54, 1.807) is 30.3 Å². The first-order valence-corrected chi connectivity index (χ1v) is 11.4. The number of amides is 1. The molecule has 1 saturated heterocycles. The van der Waals surface area contributed by atoms with E-state index in [-0.39, 0.29) is 43.5 Å². The van der Waals surface area contributed by atoms with Gasteiger partial charge in [0.25, 0.3) is 0 Å². The first kappa shape index (κ1) is 24.8. The van der Waals surface area contributed by atoms with Crippen molar-refractivity contribution in [3.63, 3.8) is 0 Å². The lowest BCUT2D eigenvalue weighted by atomic mass is 10.1. The molecule has 1 atom stereocenters. The maximum absolute atomic E-state index is 14.9. The summed E-state index contributed by atoms with van der Waals surface area (Å²) < 4.78 is 40.4. The molecule has 5 rings (SSSR count). The van der Waals surface area contributed by atoms with Crippen LogP contribution >= 0.6 is 0 Å². The Balaban J connectivity index is 1.52. The van der Waals surface area contributed by atoms with Crippen molar-refractivity contribution in [2.45, 2.75) is 12.6 Å². The number of hydrogen-bond acceptors (Lipinski definition) is 9. The molecular formula is C24H21F2N7O5. The lowest BCUT2D eigenvalue weighted by Crippen LogP contribution is -2.58. The van der Waals surface area contributed by atoms with Gasteiger partial charge in [-0.2, -0.15) is 5.10 Å². The number of anilines is 1. The number of rotatable bonds is 6. The lowest BCUT2D eigenvalue weighted by Gasteiger charge is -2.39. The highest BCUT2D eigenvalue weighted by molar-refractivity contribution is 5.80.